The number of carboxylic acids is 1. The van der Waals surface area contributed by atoms with Gasteiger partial charge in [-0.05, 0) is 12.8 Å². The molecule has 1 heterocycles. The normalized spacial score (nSPS) is 24.8. The quantitative estimate of drug-likeness (QED) is 0.778. The molecule has 0 aromatic carbocycles. The van der Waals surface area contributed by atoms with Gasteiger partial charge in [0, 0.05) is 12.6 Å². The van der Waals surface area contributed by atoms with Crippen molar-refractivity contribution in [3.8, 4) is 0 Å². The van der Waals surface area contributed by atoms with E-state index in [1.54, 1.807) is 13.8 Å². The van der Waals surface area contributed by atoms with Crippen molar-refractivity contribution in [3.63, 3.8) is 0 Å². The molecule has 20 heavy (non-hydrogen) atoms. The van der Waals surface area contributed by atoms with Gasteiger partial charge in [-0.25, -0.2) is 18.0 Å². The SMILES string of the molecule is CCC(C)[C@H](NC(=O)N1CCS(=O)(=O)CC1C)C(=O)O. The maximum absolute atomic E-state index is 12.1. The summed E-state index contributed by atoms with van der Waals surface area (Å²) in [6.07, 6.45) is 0.626. The third-order valence-corrected chi connectivity index (χ3v) is 5.48. The third kappa shape index (κ3) is 4.09. The van der Waals surface area contributed by atoms with Gasteiger partial charge in [0.2, 0.25) is 0 Å². The summed E-state index contributed by atoms with van der Waals surface area (Å²) in [5.74, 6) is -1.43. The Morgan fingerprint density at radius 3 is 2.50 bits per heavy atom. The smallest absolute Gasteiger partial charge is 0.326 e. The monoisotopic (exact) mass is 306 g/mol. The Bertz CT molecular complexity index is 476. The van der Waals surface area contributed by atoms with Crippen molar-refractivity contribution in [2.24, 2.45) is 5.92 Å². The van der Waals surface area contributed by atoms with E-state index in [1.165, 1.54) is 4.90 Å². The number of nitrogens with zero attached hydrogens (tertiary/aromatic N) is 1. The first kappa shape index (κ1) is 16.7. The van der Waals surface area contributed by atoms with Gasteiger partial charge in [-0.15, -0.1) is 0 Å². The predicted octanol–water partition coefficient (Wildman–Crippen LogP) is 0.314. The van der Waals surface area contributed by atoms with Crippen LogP contribution in [0.1, 0.15) is 27.2 Å². The number of aliphatic carboxylic acids is 1. The summed E-state index contributed by atoms with van der Waals surface area (Å²) in [6.45, 7) is 5.35. The Labute approximate surface area is 119 Å². The minimum atomic E-state index is -3.10. The first-order chi connectivity index (χ1) is 9.18. The number of hydrogen-bond acceptors (Lipinski definition) is 4. The second-order valence-electron chi connectivity index (χ2n) is 5.31. The summed E-state index contributed by atoms with van der Waals surface area (Å²) in [5, 5.41) is 11.6. The zero-order chi connectivity index (χ0) is 15.5. The topological polar surface area (TPSA) is 104 Å². The number of urea groups is 1. The van der Waals surface area contributed by atoms with E-state index in [-0.39, 0.29) is 24.0 Å². The number of carbonyl (C=O) groups excluding carboxylic acids is 1. The zero-order valence-corrected chi connectivity index (χ0v) is 12.8. The van der Waals surface area contributed by atoms with Gasteiger partial charge >= 0.3 is 12.0 Å². The first-order valence-corrected chi connectivity index (χ1v) is 8.50. The average molecular weight is 306 g/mol. The summed E-state index contributed by atoms with van der Waals surface area (Å²) in [7, 11) is -3.10. The molecular weight excluding hydrogens is 284 g/mol. The van der Waals surface area contributed by atoms with Crippen molar-refractivity contribution in [2.75, 3.05) is 18.1 Å². The van der Waals surface area contributed by atoms with Gasteiger partial charge in [0.05, 0.1) is 11.5 Å². The second-order valence-corrected chi connectivity index (χ2v) is 7.54. The predicted molar refractivity (Wildman–Crippen MR) is 74.2 cm³/mol. The number of carboxylic acid groups (broad SMARTS) is 1. The molecule has 2 amide bonds. The summed E-state index contributed by atoms with van der Waals surface area (Å²) in [4.78, 5) is 24.7. The van der Waals surface area contributed by atoms with Crippen molar-refractivity contribution >= 4 is 21.8 Å². The highest BCUT2D eigenvalue weighted by molar-refractivity contribution is 7.91. The van der Waals surface area contributed by atoms with Crippen LogP contribution in [0.5, 0.6) is 0 Å². The molecule has 0 aromatic rings. The number of carbonyl (C=O) groups is 2. The van der Waals surface area contributed by atoms with Gasteiger partial charge in [-0.2, -0.15) is 0 Å². The summed E-state index contributed by atoms with van der Waals surface area (Å²) >= 11 is 0. The molecule has 0 radical (unpaired) electrons. The fourth-order valence-corrected chi connectivity index (χ4v) is 3.76. The Balaban J connectivity index is 2.73. The lowest BCUT2D eigenvalue weighted by Gasteiger charge is -2.34. The molecule has 116 valence electrons. The fourth-order valence-electron chi connectivity index (χ4n) is 2.20. The van der Waals surface area contributed by atoms with Gasteiger partial charge in [0.15, 0.2) is 9.84 Å². The molecule has 3 atom stereocenters. The van der Waals surface area contributed by atoms with Crippen LogP contribution in [0.3, 0.4) is 0 Å². The van der Waals surface area contributed by atoms with Crippen LogP contribution in [0.2, 0.25) is 0 Å². The molecule has 0 aromatic heterocycles. The van der Waals surface area contributed by atoms with Gasteiger partial charge in [0.25, 0.3) is 0 Å². The Kier molecular flexibility index (Phi) is 5.38. The molecule has 2 unspecified atom stereocenters. The van der Waals surface area contributed by atoms with Crippen LogP contribution in [0.4, 0.5) is 4.79 Å². The van der Waals surface area contributed by atoms with Gasteiger partial charge in [-0.3, -0.25) is 0 Å². The first-order valence-electron chi connectivity index (χ1n) is 6.68. The summed E-state index contributed by atoms with van der Waals surface area (Å²) in [5.41, 5.74) is 0. The van der Waals surface area contributed by atoms with Crippen molar-refractivity contribution in [1.29, 1.82) is 0 Å². The van der Waals surface area contributed by atoms with E-state index in [4.69, 9.17) is 5.11 Å². The number of hydrogen-bond donors (Lipinski definition) is 2. The minimum Gasteiger partial charge on any atom is -0.480 e. The van der Waals surface area contributed by atoms with E-state index in [2.05, 4.69) is 5.32 Å². The minimum absolute atomic E-state index is 0.0776. The molecule has 1 aliphatic rings. The number of amides is 2. The molecule has 1 saturated heterocycles. The van der Waals surface area contributed by atoms with Crippen molar-refractivity contribution in [3.05, 3.63) is 0 Å². The molecule has 0 saturated carbocycles. The van der Waals surface area contributed by atoms with Crippen LogP contribution in [0.15, 0.2) is 0 Å². The van der Waals surface area contributed by atoms with Crippen LogP contribution in [0, 0.1) is 5.92 Å². The van der Waals surface area contributed by atoms with E-state index in [1.807, 2.05) is 6.92 Å². The van der Waals surface area contributed by atoms with Crippen molar-refractivity contribution < 1.29 is 23.1 Å². The van der Waals surface area contributed by atoms with E-state index >= 15 is 0 Å². The maximum Gasteiger partial charge on any atom is 0.326 e. The molecule has 7 nitrogen and oxygen atoms in total. The molecule has 1 fully saturated rings. The Hall–Kier alpha value is -1.31. The Morgan fingerprint density at radius 1 is 1.45 bits per heavy atom. The number of sulfone groups is 1. The number of nitrogens with one attached hydrogen (secondary N) is 1. The molecule has 0 aliphatic carbocycles. The lowest BCUT2D eigenvalue weighted by Crippen LogP contribution is -2.57. The fraction of sp³-hybridized carbons (Fsp3) is 0.833. The van der Waals surface area contributed by atoms with E-state index < -0.39 is 33.9 Å². The van der Waals surface area contributed by atoms with Crippen molar-refractivity contribution in [2.45, 2.75) is 39.3 Å². The molecule has 0 spiro atoms. The van der Waals surface area contributed by atoms with Crippen molar-refractivity contribution in [1.82, 2.24) is 10.2 Å². The van der Waals surface area contributed by atoms with Gasteiger partial charge in [-0.1, -0.05) is 20.3 Å². The molecule has 8 heteroatoms. The zero-order valence-electron chi connectivity index (χ0n) is 12.0. The highest BCUT2D eigenvalue weighted by Crippen LogP contribution is 2.13. The van der Waals surface area contributed by atoms with Crippen LogP contribution in [0.25, 0.3) is 0 Å². The largest absolute Gasteiger partial charge is 0.480 e. The standard InChI is InChI=1S/C12H22N2O5S/c1-4-8(2)10(11(15)16)13-12(17)14-5-6-20(18,19)7-9(14)3/h8-10H,4-7H2,1-3H3,(H,13,17)(H,15,16)/t8?,9?,10-/m0/s1. The summed E-state index contributed by atoms with van der Waals surface area (Å²) < 4.78 is 22.9. The lowest BCUT2D eigenvalue weighted by atomic mass is 9.99. The van der Waals surface area contributed by atoms with Gasteiger partial charge < -0.3 is 15.3 Å². The highest BCUT2D eigenvalue weighted by Gasteiger charge is 2.34. The van der Waals surface area contributed by atoms with Crippen LogP contribution >= 0.6 is 0 Å². The average Bonchev–Trinajstić information content (AvgIpc) is 2.33. The summed E-state index contributed by atoms with van der Waals surface area (Å²) in [6, 6.07) is -1.92. The van der Waals surface area contributed by atoms with E-state index in [0.29, 0.717) is 6.42 Å². The van der Waals surface area contributed by atoms with Crippen LogP contribution in [-0.4, -0.2) is 60.6 Å². The molecule has 0 bridgehead atoms. The molecule has 2 N–H and O–H groups in total. The van der Waals surface area contributed by atoms with Gasteiger partial charge in [0.1, 0.15) is 6.04 Å². The lowest BCUT2D eigenvalue weighted by molar-refractivity contribution is -0.140. The maximum atomic E-state index is 12.1. The van der Waals surface area contributed by atoms with E-state index in [9.17, 15) is 18.0 Å². The number of rotatable bonds is 4. The highest BCUT2D eigenvalue weighted by atomic mass is 32.2. The second kappa shape index (κ2) is 6.43. The van der Waals surface area contributed by atoms with Crippen LogP contribution < -0.4 is 5.32 Å². The molecule has 1 aliphatic heterocycles. The van der Waals surface area contributed by atoms with Crippen LogP contribution in [-0.2, 0) is 14.6 Å². The Morgan fingerprint density at radius 2 is 2.05 bits per heavy atom. The molecule has 1 rings (SSSR count). The third-order valence-electron chi connectivity index (χ3n) is 3.69. The van der Waals surface area contributed by atoms with E-state index in [0.717, 1.165) is 0 Å². The molecular formula is C12H22N2O5S.